The first-order chi connectivity index (χ1) is 11.5. The standard InChI is InChI=1S/C16H18ClN5O2.ClH/c1-22-8-9(5-20-22)12-6-19-7-13(12)16(24)21-10-2-3-14(17)11(4-10)15(18)23;/h2-5,8,12-13,19H,6-7H2,1H3,(H2,18,23)(H,21,24);1H/t12-,13+;/m1./s1. The third-order valence-electron chi connectivity index (χ3n) is 4.20. The Morgan fingerprint density at radius 2 is 2.16 bits per heavy atom. The molecular weight excluding hydrogens is 365 g/mol. The number of nitrogens with zero attached hydrogens (tertiary/aromatic N) is 2. The molecule has 1 fully saturated rings. The van der Waals surface area contributed by atoms with Crippen LogP contribution in [-0.4, -0.2) is 34.7 Å². The Bertz CT molecular complexity index is 793. The topological polar surface area (TPSA) is 102 Å². The number of carbonyl (C=O) groups is 2. The van der Waals surface area contributed by atoms with E-state index < -0.39 is 5.91 Å². The van der Waals surface area contributed by atoms with Crippen molar-refractivity contribution >= 4 is 41.5 Å². The molecule has 2 amide bonds. The van der Waals surface area contributed by atoms with E-state index in [1.165, 1.54) is 6.07 Å². The number of anilines is 1. The van der Waals surface area contributed by atoms with E-state index in [1.54, 1.807) is 23.0 Å². The van der Waals surface area contributed by atoms with Crippen LogP contribution in [0.1, 0.15) is 21.8 Å². The number of amides is 2. The van der Waals surface area contributed by atoms with Gasteiger partial charge in [0.1, 0.15) is 0 Å². The van der Waals surface area contributed by atoms with Gasteiger partial charge in [0.05, 0.1) is 22.7 Å². The molecule has 0 radical (unpaired) electrons. The maximum absolute atomic E-state index is 12.6. The highest BCUT2D eigenvalue weighted by molar-refractivity contribution is 6.34. The average Bonchev–Trinajstić information content (AvgIpc) is 3.17. The highest BCUT2D eigenvalue weighted by Crippen LogP contribution is 2.29. The fraction of sp³-hybridized carbons (Fsp3) is 0.312. The highest BCUT2D eigenvalue weighted by atomic mass is 35.5. The zero-order valence-corrected chi connectivity index (χ0v) is 15.1. The number of aromatic nitrogens is 2. The van der Waals surface area contributed by atoms with Gasteiger partial charge in [0.15, 0.2) is 0 Å². The largest absolute Gasteiger partial charge is 0.366 e. The van der Waals surface area contributed by atoms with Crippen LogP contribution in [0.25, 0.3) is 0 Å². The zero-order chi connectivity index (χ0) is 17.3. The van der Waals surface area contributed by atoms with Crippen molar-refractivity contribution in [2.24, 2.45) is 18.7 Å². The Kier molecular flexibility index (Phi) is 6.05. The molecule has 0 spiro atoms. The van der Waals surface area contributed by atoms with Gasteiger partial charge >= 0.3 is 0 Å². The summed E-state index contributed by atoms with van der Waals surface area (Å²) < 4.78 is 1.72. The van der Waals surface area contributed by atoms with Gasteiger partial charge in [0.2, 0.25) is 11.8 Å². The summed E-state index contributed by atoms with van der Waals surface area (Å²) in [5.74, 6) is -0.915. The lowest BCUT2D eigenvalue weighted by Gasteiger charge is -2.17. The van der Waals surface area contributed by atoms with Crippen LogP contribution < -0.4 is 16.4 Å². The van der Waals surface area contributed by atoms with Gasteiger partial charge in [0.25, 0.3) is 0 Å². The molecule has 1 aliphatic rings. The highest BCUT2D eigenvalue weighted by Gasteiger charge is 2.34. The molecule has 2 heterocycles. The van der Waals surface area contributed by atoms with Crippen LogP contribution in [0.5, 0.6) is 0 Å². The summed E-state index contributed by atoms with van der Waals surface area (Å²) in [6.07, 6.45) is 3.71. The van der Waals surface area contributed by atoms with Crippen molar-refractivity contribution in [1.29, 1.82) is 0 Å². The molecule has 2 aromatic rings. The Hall–Kier alpha value is -2.09. The SMILES string of the molecule is Cl.Cn1cc([C@H]2CNC[C@@H]2C(=O)Nc2ccc(Cl)c(C(N)=O)c2)cn1. The smallest absolute Gasteiger partial charge is 0.250 e. The molecule has 0 unspecified atom stereocenters. The van der Waals surface area contributed by atoms with Crippen LogP contribution in [0.4, 0.5) is 5.69 Å². The van der Waals surface area contributed by atoms with Crippen LogP contribution >= 0.6 is 24.0 Å². The van der Waals surface area contributed by atoms with Crippen LogP contribution in [0.2, 0.25) is 5.02 Å². The number of carbonyl (C=O) groups excluding carboxylic acids is 2. The van der Waals surface area contributed by atoms with Gasteiger partial charge in [-0.25, -0.2) is 0 Å². The summed E-state index contributed by atoms with van der Waals surface area (Å²) in [6.45, 7) is 1.30. The van der Waals surface area contributed by atoms with Gasteiger partial charge in [0, 0.05) is 37.9 Å². The van der Waals surface area contributed by atoms with Crippen molar-refractivity contribution in [1.82, 2.24) is 15.1 Å². The van der Waals surface area contributed by atoms with E-state index >= 15 is 0 Å². The van der Waals surface area contributed by atoms with Crippen LogP contribution in [0, 0.1) is 5.92 Å². The maximum Gasteiger partial charge on any atom is 0.250 e. The number of hydrogen-bond donors (Lipinski definition) is 3. The monoisotopic (exact) mass is 383 g/mol. The lowest BCUT2D eigenvalue weighted by molar-refractivity contribution is -0.119. The van der Waals surface area contributed by atoms with E-state index in [1.807, 2.05) is 13.2 Å². The van der Waals surface area contributed by atoms with Gasteiger partial charge in [-0.1, -0.05) is 11.6 Å². The van der Waals surface area contributed by atoms with Gasteiger partial charge in [-0.3, -0.25) is 14.3 Å². The Balaban J connectivity index is 0.00000225. The first-order valence-corrected chi connectivity index (χ1v) is 7.93. The van der Waals surface area contributed by atoms with E-state index in [0.717, 1.165) is 12.1 Å². The van der Waals surface area contributed by atoms with Crippen molar-refractivity contribution in [3.63, 3.8) is 0 Å². The molecule has 134 valence electrons. The van der Waals surface area contributed by atoms with Crippen molar-refractivity contribution in [3.05, 3.63) is 46.7 Å². The number of nitrogens with one attached hydrogen (secondary N) is 2. The first-order valence-electron chi connectivity index (χ1n) is 7.55. The van der Waals surface area contributed by atoms with Gasteiger partial charge in [-0.2, -0.15) is 5.10 Å². The van der Waals surface area contributed by atoms with E-state index in [2.05, 4.69) is 15.7 Å². The summed E-state index contributed by atoms with van der Waals surface area (Å²) in [7, 11) is 1.85. The van der Waals surface area contributed by atoms with E-state index in [-0.39, 0.29) is 40.7 Å². The number of hydrogen-bond acceptors (Lipinski definition) is 4. The molecule has 1 saturated heterocycles. The normalized spacial score (nSPS) is 19.3. The number of primary amides is 1. The van der Waals surface area contributed by atoms with Crippen molar-refractivity contribution < 1.29 is 9.59 Å². The molecule has 25 heavy (non-hydrogen) atoms. The third kappa shape index (κ3) is 4.12. The molecular formula is C16H19Cl2N5O2. The van der Waals surface area contributed by atoms with E-state index in [0.29, 0.717) is 12.2 Å². The predicted octanol–water partition coefficient (Wildman–Crippen LogP) is 1.54. The minimum absolute atomic E-state index is 0. The van der Waals surface area contributed by atoms with Crippen LogP contribution in [0.3, 0.4) is 0 Å². The fourth-order valence-electron chi connectivity index (χ4n) is 2.96. The summed E-state index contributed by atoms with van der Waals surface area (Å²) in [5.41, 5.74) is 6.98. The summed E-state index contributed by atoms with van der Waals surface area (Å²) in [5, 5.41) is 10.5. The summed E-state index contributed by atoms with van der Waals surface area (Å²) >= 11 is 5.93. The number of rotatable bonds is 4. The van der Waals surface area contributed by atoms with Crippen molar-refractivity contribution in [2.45, 2.75) is 5.92 Å². The molecule has 1 aromatic carbocycles. The van der Waals surface area contributed by atoms with Crippen LogP contribution in [0.15, 0.2) is 30.6 Å². The van der Waals surface area contributed by atoms with E-state index in [4.69, 9.17) is 17.3 Å². The summed E-state index contributed by atoms with van der Waals surface area (Å²) in [6, 6.07) is 4.68. The first kappa shape index (κ1) is 19.2. The number of aryl methyl sites for hydroxylation is 1. The van der Waals surface area contributed by atoms with Crippen molar-refractivity contribution in [3.8, 4) is 0 Å². The Labute approximate surface area is 156 Å². The second-order valence-electron chi connectivity index (χ2n) is 5.87. The van der Waals surface area contributed by atoms with Gasteiger partial charge in [-0.15, -0.1) is 12.4 Å². The lowest BCUT2D eigenvalue weighted by atomic mass is 9.90. The number of nitrogens with two attached hydrogens (primary N) is 1. The minimum Gasteiger partial charge on any atom is -0.366 e. The molecule has 0 aliphatic carbocycles. The molecule has 1 aromatic heterocycles. The lowest BCUT2D eigenvalue weighted by Crippen LogP contribution is -2.28. The molecule has 2 atom stereocenters. The predicted molar refractivity (Wildman–Crippen MR) is 98.2 cm³/mol. The summed E-state index contributed by atoms with van der Waals surface area (Å²) in [4.78, 5) is 24.0. The molecule has 1 aliphatic heterocycles. The number of benzene rings is 1. The van der Waals surface area contributed by atoms with E-state index in [9.17, 15) is 9.59 Å². The molecule has 0 bridgehead atoms. The Morgan fingerprint density at radius 1 is 1.40 bits per heavy atom. The average molecular weight is 384 g/mol. The van der Waals surface area contributed by atoms with Crippen molar-refractivity contribution in [2.75, 3.05) is 18.4 Å². The molecule has 0 saturated carbocycles. The van der Waals surface area contributed by atoms with Gasteiger partial charge < -0.3 is 16.4 Å². The number of halogens is 2. The maximum atomic E-state index is 12.6. The second-order valence-corrected chi connectivity index (χ2v) is 6.27. The molecule has 7 nitrogen and oxygen atoms in total. The quantitative estimate of drug-likeness (QED) is 0.744. The molecule has 9 heteroatoms. The fourth-order valence-corrected chi connectivity index (χ4v) is 3.17. The Morgan fingerprint density at radius 3 is 2.80 bits per heavy atom. The molecule has 3 rings (SSSR count). The molecule has 4 N–H and O–H groups in total. The minimum atomic E-state index is -0.633. The second kappa shape index (κ2) is 7.86. The van der Waals surface area contributed by atoms with Gasteiger partial charge in [-0.05, 0) is 23.8 Å². The van der Waals surface area contributed by atoms with Crippen LogP contribution in [-0.2, 0) is 11.8 Å². The zero-order valence-electron chi connectivity index (χ0n) is 13.5. The third-order valence-corrected chi connectivity index (χ3v) is 4.53.